The predicted molar refractivity (Wildman–Crippen MR) is 100 cm³/mol. The van der Waals surface area contributed by atoms with Crippen LogP contribution in [0.25, 0.3) is 11.7 Å². The summed E-state index contributed by atoms with van der Waals surface area (Å²) >= 11 is 0. The number of ether oxygens (including phenoxy) is 2. The Labute approximate surface area is 167 Å². The highest BCUT2D eigenvalue weighted by Crippen LogP contribution is 2.35. The molecule has 0 aliphatic carbocycles. The van der Waals surface area contributed by atoms with Crippen molar-refractivity contribution < 1.29 is 26.7 Å². The number of benzene rings is 1. The van der Waals surface area contributed by atoms with Gasteiger partial charge in [0.15, 0.2) is 17.3 Å². The lowest BCUT2D eigenvalue weighted by Gasteiger charge is -2.30. The average Bonchev–Trinajstić information content (AvgIpc) is 3.45. The SMILES string of the molecule is O=S(=O)(c1ccc2c(c1)OCCO2)N1CCC(c2nnc(-c3ccco3)o2)CC1. The van der Waals surface area contributed by atoms with Crippen LogP contribution in [0.1, 0.15) is 24.7 Å². The number of piperidine rings is 1. The van der Waals surface area contributed by atoms with Gasteiger partial charge in [0.1, 0.15) is 13.2 Å². The Bertz CT molecular complexity index is 1100. The first-order valence-electron chi connectivity index (χ1n) is 9.38. The van der Waals surface area contributed by atoms with Crippen molar-refractivity contribution in [3.63, 3.8) is 0 Å². The van der Waals surface area contributed by atoms with Gasteiger partial charge in [-0.3, -0.25) is 0 Å². The predicted octanol–water partition coefficient (Wildman–Crippen LogP) is 2.67. The second-order valence-corrected chi connectivity index (χ2v) is 8.84. The monoisotopic (exact) mass is 417 g/mol. The Morgan fingerprint density at radius 2 is 1.79 bits per heavy atom. The fraction of sp³-hybridized carbons (Fsp3) is 0.368. The lowest BCUT2D eigenvalue weighted by atomic mass is 9.98. The van der Waals surface area contributed by atoms with Gasteiger partial charge in [-0.15, -0.1) is 10.2 Å². The van der Waals surface area contributed by atoms with Crippen LogP contribution in [0.4, 0.5) is 0 Å². The third kappa shape index (κ3) is 3.38. The van der Waals surface area contributed by atoms with Crippen molar-refractivity contribution in [3.8, 4) is 23.1 Å². The molecule has 1 fully saturated rings. The molecule has 9 nitrogen and oxygen atoms in total. The van der Waals surface area contributed by atoms with Crippen LogP contribution < -0.4 is 9.47 Å². The summed E-state index contributed by atoms with van der Waals surface area (Å²) in [7, 11) is -3.62. The Kier molecular flexibility index (Phi) is 4.51. The lowest BCUT2D eigenvalue weighted by Crippen LogP contribution is -2.38. The van der Waals surface area contributed by atoms with E-state index in [0.717, 1.165) is 0 Å². The average molecular weight is 417 g/mol. The van der Waals surface area contributed by atoms with E-state index in [2.05, 4.69) is 10.2 Å². The van der Waals surface area contributed by atoms with E-state index in [-0.39, 0.29) is 10.8 Å². The van der Waals surface area contributed by atoms with Gasteiger partial charge in [-0.25, -0.2) is 8.42 Å². The van der Waals surface area contributed by atoms with Gasteiger partial charge in [-0.1, -0.05) is 0 Å². The zero-order chi connectivity index (χ0) is 19.8. The van der Waals surface area contributed by atoms with Crippen molar-refractivity contribution in [1.29, 1.82) is 0 Å². The maximum Gasteiger partial charge on any atom is 0.283 e. The van der Waals surface area contributed by atoms with E-state index in [1.807, 2.05) is 0 Å². The van der Waals surface area contributed by atoms with Gasteiger partial charge in [0.25, 0.3) is 5.89 Å². The molecule has 2 aromatic heterocycles. The summed E-state index contributed by atoms with van der Waals surface area (Å²) in [6.07, 6.45) is 2.74. The molecule has 0 unspecified atom stereocenters. The molecular formula is C19H19N3O6S. The quantitative estimate of drug-likeness (QED) is 0.638. The van der Waals surface area contributed by atoms with Crippen LogP contribution in [0.15, 0.2) is 50.3 Å². The van der Waals surface area contributed by atoms with E-state index in [0.29, 0.717) is 68.2 Å². The second-order valence-electron chi connectivity index (χ2n) is 6.91. The Hall–Kier alpha value is -2.85. The van der Waals surface area contributed by atoms with Crippen LogP contribution in [-0.2, 0) is 10.0 Å². The highest BCUT2D eigenvalue weighted by atomic mass is 32.2. The molecule has 0 atom stereocenters. The van der Waals surface area contributed by atoms with Crippen LogP contribution in [0, 0.1) is 0 Å². The Balaban J connectivity index is 1.29. The second kappa shape index (κ2) is 7.20. The first kappa shape index (κ1) is 18.2. The first-order chi connectivity index (χ1) is 14.1. The molecule has 0 amide bonds. The summed E-state index contributed by atoms with van der Waals surface area (Å²) in [5.41, 5.74) is 0. The van der Waals surface area contributed by atoms with E-state index in [9.17, 15) is 8.42 Å². The Morgan fingerprint density at radius 3 is 2.55 bits per heavy atom. The van der Waals surface area contributed by atoms with E-state index < -0.39 is 10.0 Å². The van der Waals surface area contributed by atoms with E-state index in [1.165, 1.54) is 10.4 Å². The van der Waals surface area contributed by atoms with Crippen molar-refractivity contribution in [1.82, 2.24) is 14.5 Å². The van der Waals surface area contributed by atoms with E-state index in [1.54, 1.807) is 30.5 Å². The van der Waals surface area contributed by atoms with Gasteiger partial charge < -0.3 is 18.3 Å². The molecule has 0 bridgehead atoms. The molecule has 5 rings (SSSR count). The number of sulfonamides is 1. The fourth-order valence-electron chi connectivity index (χ4n) is 3.58. The lowest BCUT2D eigenvalue weighted by molar-refractivity contribution is 0.171. The maximum absolute atomic E-state index is 13.0. The van der Waals surface area contributed by atoms with Crippen molar-refractivity contribution in [2.75, 3.05) is 26.3 Å². The van der Waals surface area contributed by atoms with Crippen molar-refractivity contribution in [3.05, 3.63) is 42.5 Å². The minimum Gasteiger partial charge on any atom is -0.486 e. The van der Waals surface area contributed by atoms with Crippen LogP contribution in [0.5, 0.6) is 11.5 Å². The van der Waals surface area contributed by atoms with E-state index >= 15 is 0 Å². The molecule has 0 N–H and O–H groups in total. The highest BCUT2D eigenvalue weighted by molar-refractivity contribution is 7.89. The van der Waals surface area contributed by atoms with Crippen LogP contribution in [-0.4, -0.2) is 49.2 Å². The first-order valence-corrected chi connectivity index (χ1v) is 10.8. The van der Waals surface area contributed by atoms with Crippen LogP contribution in [0.2, 0.25) is 0 Å². The standard InChI is InChI=1S/C19H19N3O6S/c23-29(24,14-3-4-15-17(12-14)27-11-10-26-15)22-7-5-13(6-8-22)18-20-21-19(28-18)16-2-1-9-25-16/h1-4,9,12-13H,5-8,10-11H2. The summed E-state index contributed by atoms with van der Waals surface area (Å²) in [4.78, 5) is 0.207. The summed E-state index contributed by atoms with van der Waals surface area (Å²) in [6.45, 7) is 1.62. The largest absolute Gasteiger partial charge is 0.486 e. The summed E-state index contributed by atoms with van der Waals surface area (Å²) in [5.74, 6) is 2.39. The number of aromatic nitrogens is 2. The number of fused-ring (bicyclic) bond motifs is 1. The minimum absolute atomic E-state index is 0.0120. The number of furan rings is 1. The highest BCUT2D eigenvalue weighted by Gasteiger charge is 2.33. The van der Waals surface area contributed by atoms with Crippen molar-refractivity contribution in [2.45, 2.75) is 23.7 Å². The molecule has 0 radical (unpaired) electrons. The third-order valence-corrected chi connectivity index (χ3v) is 7.02. The summed E-state index contributed by atoms with van der Waals surface area (Å²) < 4.78 is 49.5. The molecule has 1 aromatic carbocycles. The topological polar surface area (TPSA) is 108 Å². The molecule has 2 aliphatic rings. The van der Waals surface area contributed by atoms with Gasteiger partial charge in [0.05, 0.1) is 11.2 Å². The smallest absolute Gasteiger partial charge is 0.283 e. The summed E-state index contributed by atoms with van der Waals surface area (Å²) in [5, 5.41) is 8.14. The zero-order valence-electron chi connectivity index (χ0n) is 15.5. The van der Waals surface area contributed by atoms with Crippen LogP contribution in [0.3, 0.4) is 0 Å². The molecular weight excluding hydrogens is 398 g/mol. The Morgan fingerprint density at radius 1 is 1.00 bits per heavy atom. The minimum atomic E-state index is -3.62. The van der Waals surface area contributed by atoms with E-state index in [4.69, 9.17) is 18.3 Å². The molecule has 2 aliphatic heterocycles. The number of rotatable bonds is 4. The molecule has 0 saturated carbocycles. The van der Waals surface area contributed by atoms with Gasteiger partial charge >= 0.3 is 0 Å². The molecule has 1 saturated heterocycles. The molecule has 3 aromatic rings. The third-order valence-electron chi connectivity index (χ3n) is 5.13. The zero-order valence-corrected chi connectivity index (χ0v) is 16.3. The van der Waals surface area contributed by atoms with Gasteiger partial charge in [0, 0.05) is 25.1 Å². The van der Waals surface area contributed by atoms with Crippen molar-refractivity contribution in [2.24, 2.45) is 0 Å². The molecule has 29 heavy (non-hydrogen) atoms. The molecule has 10 heteroatoms. The fourth-order valence-corrected chi connectivity index (χ4v) is 5.06. The maximum atomic E-state index is 13.0. The van der Waals surface area contributed by atoms with Gasteiger partial charge in [0.2, 0.25) is 15.9 Å². The number of nitrogens with zero attached hydrogens (tertiary/aromatic N) is 3. The molecule has 0 spiro atoms. The van der Waals surface area contributed by atoms with Gasteiger partial charge in [-0.2, -0.15) is 4.31 Å². The summed E-state index contributed by atoms with van der Waals surface area (Å²) in [6, 6.07) is 8.23. The van der Waals surface area contributed by atoms with Crippen molar-refractivity contribution >= 4 is 10.0 Å². The van der Waals surface area contributed by atoms with Crippen LogP contribution >= 0.6 is 0 Å². The molecule has 152 valence electrons. The van der Waals surface area contributed by atoms with Gasteiger partial charge in [-0.05, 0) is 37.1 Å². The number of hydrogen-bond donors (Lipinski definition) is 0. The number of hydrogen-bond acceptors (Lipinski definition) is 8. The molecule has 4 heterocycles. The normalized spacial score (nSPS) is 18.1.